The summed E-state index contributed by atoms with van der Waals surface area (Å²) in [5.41, 5.74) is 7.57. The molecule has 0 saturated carbocycles. The van der Waals surface area contributed by atoms with E-state index in [1.54, 1.807) is 24.3 Å². The van der Waals surface area contributed by atoms with E-state index in [1.165, 1.54) is 11.9 Å². The number of imide groups is 2. The molecular formula is C31H26N4O4. The van der Waals surface area contributed by atoms with Gasteiger partial charge >= 0.3 is 0 Å². The minimum absolute atomic E-state index is 0.284. The highest BCUT2D eigenvalue weighted by molar-refractivity contribution is 6.41. The molecule has 5 aromatic carbocycles. The van der Waals surface area contributed by atoms with Crippen LogP contribution in [0, 0.1) is 0 Å². The van der Waals surface area contributed by atoms with Gasteiger partial charge in [0.05, 0.1) is 0 Å². The Morgan fingerprint density at radius 3 is 1.44 bits per heavy atom. The zero-order valence-electron chi connectivity index (χ0n) is 21.5. The van der Waals surface area contributed by atoms with Crippen LogP contribution in [0.25, 0.3) is 43.1 Å². The SMILES string of the molecule is CN1C(=O)c2ccc3c4ccc5c6c(ccc(c7ccc(c2c37)C1=O)c64)C(=O)N(CCCNCCCN)C5=O. The van der Waals surface area contributed by atoms with Crippen molar-refractivity contribution in [2.24, 2.45) is 5.73 Å². The number of benzene rings is 5. The standard InChI is InChI=1S/C31H26N4O4/c1-34-28(36)20-8-4-16-18-6-10-22-27-23(31(39)35(30(22)38)15-3-14-33-13-2-12-32)11-7-19(25(18)27)17-5-9-21(29(34)37)26(20)24(16)17/h4-11,33H,2-3,12-15,32H2,1H3. The minimum atomic E-state index is -0.321. The van der Waals surface area contributed by atoms with Crippen molar-refractivity contribution in [3.63, 3.8) is 0 Å². The van der Waals surface area contributed by atoms with E-state index in [9.17, 15) is 19.2 Å². The molecule has 39 heavy (non-hydrogen) atoms. The minimum Gasteiger partial charge on any atom is -0.330 e. The molecule has 0 spiro atoms. The molecule has 4 amide bonds. The number of nitrogens with two attached hydrogens (primary N) is 1. The molecule has 2 heterocycles. The predicted molar refractivity (Wildman–Crippen MR) is 151 cm³/mol. The third kappa shape index (κ3) is 3.13. The van der Waals surface area contributed by atoms with Crippen molar-refractivity contribution in [3.05, 3.63) is 70.8 Å². The number of fused-ring (bicyclic) bond motifs is 2. The smallest absolute Gasteiger partial charge is 0.261 e. The fourth-order valence-corrected chi connectivity index (χ4v) is 6.36. The maximum atomic E-state index is 13.6. The Kier molecular flexibility index (Phi) is 5.20. The fourth-order valence-electron chi connectivity index (χ4n) is 6.36. The first-order chi connectivity index (χ1) is 18.9. The normalized spacial score (nSPS) is 15.2. The van der Waals surface area contributed by atoms with E-state index in [4.69, 9.17) is 5.73 Å². The number of nitrogens with zero attached hydrogens (tertiary/aromatic N) is 2. The third-order valence-electron chi connectivity index (χ3n) is 8.22. The van der Waals surface area contributed by atoms with Gasteiger partial charge in [0.1, 0.15) is 0 Å². The van der Waals surface area contributed by atoms with Crippen LogP contribution in [-0.4, -0.2) is 66.7 Å². The molecule has 0 fully saturated rings. The summed E-state index contributed by atoms with van der Waals surface area (Å²) in [4.78, 5) is 55.6. The molecule has 0 atom stereocenters. The molecule has 0 unspecified atom stereocenters. The summed E-state index contributed by atoms with van der Waals surface area (Å²) in [5.74, 6) is -1.21. The van der Waals surface area contributed by atoms with Gasteiger partial charge in [-0.15, -0.1) is 0 Å². The quantitative estimate of drug-likeness (QED) is 0.146. The third-order valence-corrected chi connectivity index (χ3v) is 8.22. The van der Waals surface area contributed by atoms with Gasteiger partial charge in [0, 0.05) is 46.6 Å². The summed E-state index contributed by atoms with van der Waals surface area (Å²) in [7, 11) is 1.50. The molecule has 0 saturated heterocycles. The number of hydrogen-bond acceptors (Lipinski definition) is 6. The van der Waals surface area contributed by atoms with Crippen molar-refractivity contribution in [1.29, 1.82) is 0 Å². The second kappa shape index (κ2) is 8.56. The molecule has 3 N–H and O–H groups in total. The summed E-state index contributed by atoms with van der Waals surface area (Å²) in [6, 6.07) is 14.8. The van der Waals surface area contributed by atoms with Crippen molar-refractivity contribution in [1.82, 2.24) is 15.1 Å². The lowest BCUT2D eigenvalue weighted by Crippen LogP contribution is -2.41. The Morgan fingerprint density at radius 1 is 0.590 bits per heavy atom. The molecule has 5 aromatic rings. The van der Waals surface area contributed by atoms with Crippen LogP contribution in [0.3, 0.4) is 0 Å². The fraction of sp³-hybridized carbons (Fsp3) is 0.226. The summed E-state index contributed by atoms with van der Waals surface area (Å²) in [6.45, 7) is 2.46. The molecule has 0 bridgehead atoms. The lowest BCUT2D eigenvalue weighted by atomic mass is 9.82. The number of carbonyl (C=O) groups excluding carboxylic acids is 4. The Hall–Kier alpha value is -4.40. The maximum Gasteiger partial charge on any atom is 0.261 e. The Labute approximate surface area is 223 Å². The van der Waals surface area contributed by atoms with E-state index in [2.05, 4.69) is 5.32 Å². The molecule has 2 aliphatic heterocycles. The second-order valence-electron chi connectivity index (χ2n) is 10.3. The molecule has 194 valence electrons. The first kappa shape index (κ1) is 23.7. The number of rotatable bonds is 7. The van der Waals surface area contributed by atoms with Gasteiger partial charge in [0.25, 0.3) is 23.6 Å². The zero-order valence-corrected chi connectivity index (χ0v) is 21.5. The van der Waals surface area contributed by atoms with Crippen LogP contribution in [0.2, 0.25) is 0 Å². The Balaban J connectivity index is 1.41. The first-order valence-corrected chi connectivity index (χ1v) is 13.2. The first-order valence-electron chi connectivity index (χ1n) is 13.2. The highest BCUT2D eigenvalue weighted by atomic mass is 16.2. The summed E-state index contributed by atoms with van der Waals surface area (Å²) < 4.78 is 0. The number of amides is 4. The number of hydrogen-bond donors (Lipinski definition) is 2. The molecule has 8 heteroatoms. The molecule has 0 aromatic heterocycles. The van der Waals surface area contributed by atoms with Gasteiger partial charge in [-0.2, -0.15) is 0 Å². The molecule has 2 aliphatic rings. The van der Waals surface area contributed by atoms with Crippen LogP contribution in [-0.2, 0) is 0 Å². The Morgan fingerprint density at radius 2 is 1.00 bits per heavy atom. The molecular weight excluding hydrogens is 492 g/mol. The Bertz CT molecular complexity index is 1790. The lowest BCUT2D eigenvalue weighted by Gasteiger charge is -2.29. The van der Waals surface area contributed by atoms with E-state index in [0.717, 1.165) is 50.2 Å². The van der Waals surface area contributed by atoms with Gasteiger partial charge in [0.2, 0.25) is 0 Å². The monoisotopic (exact) mass is 518 g/mol. The van der Waals surface area contributed by atoms with Crippen LogP contribution in [0.15, 0.2) is 48.5 Å². The van der Waals surface area contributed by atoms with E-state index in [0.29, 0.717) is 59.1 Å². The highest BCUT2D eigenvalue weighted by Crippen LogP contribution is 2.46. The summed E-state index contributed by atoms with van der Waals surface area (Å²) in [6.07, 6.45) is 1.54. The topological polar surface area (TPSA) is 113 Å². The van der Waals surface area contributed by atoms with Crippen molar-refractivity contribution in [2.75, 3.05) is 33.2 Å². The van der Waals surface area contributed by atoms with Gasteiger partial charge in [-0.1, -0.05) is 24.3 Å². The van der Waals surface area contributed by atoms with Crippen LogP contribution in [0.5, 0.6) is 0 Å². The van der Waals surface area contributed by atoms with Crippen LogP contribution in [0.1, 0.15) is 54.3 Å². The van der Waals surface area contributed by atoms with E-state index < -0.39 is 0 Å². The predicted octanol–water partition coefficient (Wildman–Crippen LogP) is 3.89. The van der Waals surface area contributed by atoms with Gasteiger partial charge in [-0.3, -0.25) is 29.0 Å². The van der Waals surface area contributed by atoms with Gasteiger partial charge < -0.3 is 11.1 Å². The van der Waals surface area contributed by atoms with Gasteiger partial charge in [-0.25, -0.2) is 0 Å². The average Bonchev–Trinajstić information content (AvgIpc) is 2.95. The van der Waals surface area contributed by atoms with Crippen LogP contribution >= 0.6 is 0 Å². The van der Waals surface area contributed by atoms with Gasteiger partial charge in [0.15, 0.2) is 0 Å². The van der Waals surface area contributed by atoms with Gasteiger partial charge in [-0.05, 0) is 89.1 Å². The van der Waals surface area contributed by atoms with Crippen molar-refractivity contribution in [3.8, 4) is 0 Å². The average molecular weight is 519 g/mol. The molecule has 7 rings (SSSR count). The van der Waals surface area contributed by atoms with Crippen molar-refractivity contribution in [2.45, 2.75) is 12.8 Å². The lowest BCUT2D eigenvalue weighted by molar-refractivity contribution is 0.0604. The van der Waals surface area contributed by atoms with Crippen LogP contribution in [0.4, 0.5) is 0 Å². The highest BCUT2D eigenvalue weighted by Gasteiger charge is 2.35. The van der Waals surface area contributed by atoms with E-state index in [-0.39, 0.29) is 23.6 Å². The molecule has 0 aliphatic carbocycles. The van der Waals surface area contributed by atoms with E-state index in [1.807, 2.05) is 24.3 Å². The van der Waals surface area contributed by atoms with E-state index >= 15 is 0 Å². The maximum absolute atomic E-state index is 13.6. The number of nitrogens with one attached hydrogen (secondary N) is 1. The van der Waals surface area contributed by atoms with Crippen molar-refractivity contribution < 1.29 is 19.2 Å². The van der Waals surface area contributed by atoms with Crippen LogP contribution < -0.4 is 11.1 Å². The second-order valence-corrected chi connectivity index (χ2v) is 10.3. The molecule has 0 radical (unpaired) electrons. The zero-order chi connectivity index (χ0) is 27.0. The summed E-state index contributed by atoms with van der Waals surface area (Å²) >= 11 is 0. The molecule has 8 nitrogen and oxygen atoms in total. The van der Waals surface area contributed by atoms with Crippen molar-refractivity contribution >= 4 is 66.7 Å². The largest absolute Gasteiger partial charge is 0.330 e. The summed E-state index contributed by atoms with van der Waals surface area (Å²) in [5, 5.41) is 9.89. The number of carbonyl (C=O) groups is 4.